The van der Waals surface area contributed by atoms with Crippen molar-refractivity contribution in [3.8, 4) is 16.9 Å². The molecule has 0 amide bonds. The minimum Gasteiger partial charge on any atom is -0.463 e. The summed E-state index contributed by atoms with van der Waals surface area (Å²) in [4.78, 5) is 39.6. The van der Waals surface area contributed by atoms with Gasteiger partial charge < -0.3 is 19.5 Å². The molecule has 0 bridgehead atoms. The van der Waals surface area contributed by atoms with Crippen LogP contribution in [0.25, 0.3) is 38.9 Å². The van der Waals surface area contributed by atoms with Crippen LogP contribution >= 0.6 is 0 Å². The third-order valence-electron chi connectivity index (χ3n) is 6.80. The van der Waals surface area contributed by atoms with Crippen LogP contribution in [-0.4, -0.2) is 63.8 Å². The SMILES string of the molecule is Cc1ccc2occ(-c3c(NCCCN4CCOCC4)[nH]c(=O)n3-c3ccc4nc[nH]c4c3)c(=O)c2c1. The Morgan fingerprint density at radius 1 is 1.11 bits per heavy atom. The van der Waals surface area contributed by atoms with E-state index in [1.54, 1.807) is 12.4 Å². The zero-order valence-electron chi connectivity index (χ0n) is 20.5. The molecular formula is C27H28N6O4. The molecule has 37 heavy (non-hydrogen) atoms. The van der Waals surface area contributed by atoms with Crippen LogP contribution in [0.5, 0.6) is 0 Å². The van der Waals surface area contributed by atoms with Crippen LogP contribution in [0.4, 0.5) is 5.82 Å². The van der Waals surface area contributed by atoms with Crippen molar-refractivity contribution < 1.29 is 9.15 Å². The Morgan fingerprint density at radius 3 is 2.84 bits per heavy atom. The molecule has 0 unspecified atom stereocenters. The van der Waals surface area contributed by atoms with E-state index in [1.807, 2.05) is 37.3 Å². The molecule has 0 atom stereocenters. The van der Waals surface area contributed by atoms with Crippen molar-refractivity contribution in [2.75, 3.05) is 44.7 Å². The number of nitrogens with one attached hydrogen (secondary N) is 3. The van der Waals surface area contributed by atoms with E-state index >= 15 is 0 Å². The molecule has 0 spiro atoms. The highest BCUT2D eigenvalue weighted by Crippen LogP contribution is 2.29. The lowest BCUT2D eigenvalue weighted by Crippen LogP contribution is -2.37. The Labute approximate surface area is 211 Å². The van der Waals surface area contributed by atoms with Crippen LogP contribution in [0.3, 0.4) is 0 Å². The summed E-state index contributed by atoms with van der Waals surface area (Å²) < 4.78 is 12.8. The number of aromatic nitrogens is 4. The Hall–Kier alpha value is -4.15. The lowest BCUT2D eigenvalue weighted by molar-refractivity contribution is 0.0378. The number of aryl methyl sites for hydroxylation is 1. The van der Waals surface area contributed by atoms with Gasteiger partial charge in [-0.05, 0) is 50.2 Å². The molecule has 10 nitrogen and oxygen atoms in total. The van der Waals surface area contributed by atoms with E-state index in [-0.39, 0.29) is 11.1 Å². The fraction of sp³-hybridized carbons (Fsp3) is 0.296. The van der Waals surface area contributed by atoms with Gasteiger partial charge in [-0.2, -0.15) is 0 Å². The molecule has 1 fully saturated rings. The van der Waals surface area contributed by atoms with Gasteiger partial charge in [-0.1, -0.05) is 11.6 Å². The van der Waals surface area contributed by atoms with Crippen molar-refractivity contribution in [1.82, 2.24) is 24.4 Å². The highest BCUT2D eigenvalue weighted by molar-refractivity contribution is 5.85. The molecule has 0 aliphatic carbocycles. The number of H-pyrrole nitrogens is 2. The summed E-state index contributed by atoms with van der Waals surface area (Å²) in [5.41, 5.74) is 3.83. The highest BCUT2D eigenvalue weighted by Gasteiger charge is 2.22. The number of imidazole rings is 2. The average Bonchev–Trinajstić information content (AvgIpc) is 3.51. The summed E-state index contributed by atoms with van der Waals surface area (Å²) in [5.74, 6) is 0.482. The van der Waals surface area contributed by atoms with E-state index in [4.69, 9.17) is 9.15 Å². The van der Waals surface area contributed by atoms with E-state index in [1.165, 1.54) is 10.8 Å². The average molecular weight is 501 g/mol. The fourth-order valence-corrected chi connectivity index (χ4v) is 4.88. The normalized spacial score (nSPS) is 14.5. The zero-order valence-corrected chi connectivity index (χ0v) is 20.5. The summed E-state index contributed by atoms with van der Waals surface area (Å²) in [5, 5.41) is 3.84. The Bertz CT molecular complexity index is 1690. The Kier molecular flexibility index (Phi) is 6.11. The van der Waals surface area contributed by atoms with Crippen LogP contribution in [0, 0.1) is 6.92 Å². The predicted octanol–water partition coefficient (Wildman–Crippen LogP) is 3.26. The lowest BCUT2D eigenvalue weighted by atomic mass is 10.1. The van der Waals surface area contributed by atoms with E-state index in [0.29, 0.717) is 40.3 Å². The van der Waals surface area contributed by atoms with Gasteiger partial charge in [0.05, 0.1) is 47.2 Å². The number of ether oxygens (including phenoxy) is 1. The van der Waals surface area contributed by atoms with Crippen molar-refractivity contribution in [3.05, 3.63) is 75.3 Å². The van der Waals surface area contributed by atoms with Crippen molar-refractivity contribution in [1.29, 1.82) is 0 Å². The molecule has 5 aromatic rings. The first-order valence-electron chi connectivity index (χ1n) is 12.4. The largest absolute Gasteiger partial charge is 0.463 e. The summed E-state index contributed by atoms with van der Waals surface area (Å²) in [6, 6.07) is 11.0. The molecule has 0 radical (unpaired) electrons. The number of hydrogen-bond acceptors (Lipinski definition) is 7. The van der Waals surface area contributed by atoms with Crippen molar-refractivity contribution in [3.63, 3.8) is 0 Å². The van der Waals surface area contributed by atoms with Crippen LogP contribution in [-0.2, 0) is 4.74 Å². The first-order valence-corrected chi connectivity index (χ1v) is 12.4. The van der Waals surface area contributed by atoms with Gasteiger partial charge >= 0.3 is 5.69 Å². The number of fused-ring (bicyclic) bond motifs is 2. The Balaban J connectivity index is 1.42. The highest BCUT2D eigenvalue weighted by atomic mass is 16.5. The second-order valence-electron chi connectivity index (χ2n) is 9.31. The fourth-order valence-electron chi connectivity index (χ4n) is 4.88. The first-order chi connectivity index (χ1) is 18.1. The van der Waals surface area contributed by atoms with E-state index < -0.39 is 0 Å². The summed E-state index contributed by atoms with van der Waals surface area (Å²) in [7, 11) is 0. The van der Waals surface area contributed by atoms with E-state index in [0.717, 1.165) is 55.9 Å². The van der Waals surface area contributed by atoms with Gasteiger partial charge in [0.15, 0.2) is 0 Å². The number of morpholine rings is 1. The maximum atomic E-state index is 13.7. The van der Waals surface area contributed by atoms with Gasteiger partial charge in [-0.3, -0.25) is 19.2 Å². The second kappa shape index (κ2) is 9.72. The van der Waals surface area contributed by atoms with Crippen LogP contribution < -0.4 is 16.4 Å². The van der Waals surface area contributed by atoms with Crippen molar-refractivity contribution >= 4 is 27.8 Å². The molecule has 2 aromatic carbocycles. The smallest absolute Gasteiger partial charge is 0.332 e. The van der Waals surface area contributed by atoms with Gasteiger partial charge in [-0.15, -0.1) is 0 Å². The number of hydrogen-bond donors (Lipinski definition) is 3. The van der Waals surface area contributed by atoms with Gasteiger partial charge in [0.2, 0.25) is 5.43 Å². The molecule has 3 N–H and O–H groups in total. The molecule has 1 aliphatic heterocycles. The maximum Gasteiger partial charge on any atom is 0.332 e. The van der Waals surface area contributed by atoms with E-state index in [9.17, 15) is 9.59 Å². The number of aromatic amines is 2. The first kappa shape index (κ1) is 23.3. The quantitative estimate of drug-likeness (QED) is 0.293. The molecule has 6 rings (SSSR count). The molecule has 3 aromatic heterocycles. The summed E-state index contributed by atoms with van der Waals surface area (Å²) in [6.45, 7) is 6.83. The monoisotopic (exact) mass is 500 g/mol. The van der Waals surface area contributed by atoms with Gasteiger partial charge in [0.25, 0.3) is 0 Å². The van der Waals surface area contributed by atoms with Gasteiger partial charge in [-0.25, -0.2) is 9.78 Å². The van der Waals surface area contributed by atoms with Crippen molar-refractivity contribution in [2.45, 2.75) is 13.3 Å². The molecule has 0 saturated carbocycles. The molecule has 1 saturated heterocycles. The number of nitrogens with zero attached hydrogens (tertiary/aromatic N) is 3. The van der Waals surface area contributed by atoms with E-state index in [2.05, 4.69) is 25.2 Å². The van der Waals surface area contributed by atoms with Crippen LogP contribution in [0.2, 0.25) is 0 Å². The van der Waals surface area contributed by atoms with Crippen LogP contribution in [0.1, 0.15) is 12.0 Å². The third kappa shape index (κ3) is 4.45. The third-order valence-corrected chi connectivity index (χ3v) is 6.80. The molecule has 4 heterocycles. The number of benzene rings is 2. The molecule has 10 heteroatoms. The molecule has 1 aliphatic rings. The van der Waals surface area contributed by atoms with Gasteiger partial charge in [0.1, 0.15) is 23.4 Å². The molecule has 190 valence electrons. The summed E-state index contributed by atoms with van der Waals surface area (Å²) >= 11 is 0. The Morgan fingerprint density at radius 2 is 1.97 bits per heavy atom. The zero-order chi connectivity index (χ0) is 25.4. The molecular weight excluding hydrogens is 472 g/mol. The number of rotatable bonds is 7. The summed E-state index contributed by atoms with van der Waals surface area (Å²) in [6.07, 6.45) is 3.92. The standard InChI is InChI=1S/C27H28N6O4/c1-17-3-6-23-19(13-17)25(34)20(15-37-23)24-26(28-7-2-8-32-9-11-36-12-10-32)31-27(35)33(24)18-4-5-21-22(14-18)30-16-29-21/h3-6,13-16,28H,2,7-12H2,1H3,(H,29,30)(H,31,35). The predicted molar refractivity (Wildman–Crippen MR) is 143 cm³/mol. The topological polar surface area (TPSA) is 121 Å². The van der Waals surface area contributed by atoms with Gasteiger partial charge in [0, 0.05) is 19.6 Å². The lowest BCUT2D eigenvalue weighted by Gasteiger charge is -2.26. The maximum absolute atomic E-state index is 13.7. The van der Waals surface area contributed by atoms with Crippen LogP contribution in [0.15, 0.2) is 63.0 Å². The van der Waals surface area contributed by atoms with Crippen molar-refractivity contribution in [2.24, 2.45) is 0 Å². The number of anilines is 1. The minimum atomic E-state index is -0.353. The second-order valence-corrected chi connectivity index (χ2v) is 9.31. The minimum absolute atomic E-state index is 0.198.